The van der Waals surface area contributed by atoms with E-state index in [2.05, 4.69) is 72.3 Å². The van der Waals surface area contributed by atoms with Gasteiger partial charge in [0.1, 0.15) is 5.75 Å². The number of fused-ring (bicyclic) bond motifs is 3. The fraction of sp³-hybridized carbons (Fsp3) is 0.227. The largest absolute Gasteiger partial charge is 0.496 e. The molecule has 0 amide bonds. The predicted octanol–water partition coefficient (Wildman–Crippen LogP) is 4.92. The van der Waals surface area contributed by atoms with E-state index in [1.165, 1.54) is 21.8 Å². The van der Waals surface area contributed by atoms with Gasteiger partial charge in [0.2, 0.25) is 0 Å². The van der Waals surface area contributed by atoms with Crippen LogP contribution in [-0.4, -0.2) is 30.0 Å². The van der Waals surface area contributed by atoms with Crippen LogP contribution in [0.2, 0.25) is 0 Å². The van der Waals surface area contributed by atoms with E-state index in [0.29, 0.717) is 0 Å². The highest BCUT2D eigenvalue weighted by Gasteiger charge is 2.16. The Hall–Kier alpha value is -2.38. The maximum atomic E-state index is 5.53. The predicted molar refractivity (Wildman–Crippen MR) is 112 cm³/mol. The standard InChI is InChI=1S/C22H23N2OP/c1-15-20(25-2)12-11-18-21(15)22-19(6-5-13-23-22)24(18)14-16-7-9-17(10-8-16)26(3)4/h5-13H,14H2,1-4H3. The third-order valence-electron chi connectivity index (χ3n) is 5.01. The fourth-order valence-electron chi connectivity index (χ4n) is 3.61. The number of pyridine rings is 1. The van der Waals surface area contributed by atoms with E-state index in [9.17, 15) is 0 Å². The first-order valence-electron chi connectivity index (χ1n) is 8.77. The minimum absolute atomic E-state index is 0.0552. The second-order valence-electron chi connectivity index (χ2n) is 6.81. The number of aryl methyl sites for hydroxylation is 1. The number of rotatable bonds is 4. The van der Waals surface area contributed by atoms with Crippen molar-refractivity contribution in [2.24, 2.45) is 0 Å². The van der Waals surface area contributed by atoms with Gasteiger partial charge < -0.3 is 9.30 Å². The molecule has 4 rings (SSSR count). The summed E-state index contributed by atoms with van der Waals surface area (Å²) < 4.78 is 7.89. The molecule has 2 heterocycles. The van der Waals surface area contributed by atoms with Crippen LogP contribution >= 0.6 is 7.92 Å². The topological polar surface area (TPSA) is 27.1 Å². The Balaban J connectivity index is 1.89. The zero-order chi connectivity index (χ0) is 18.3. The van der Waals surface area contributed by atoms with Gasteiger partial charge >= 0.3 is 0 Å². The molecule has 0 atom stereocenters. The lowest BCUT2D eigenvalue weighted by atomic mass is 10.1. The van der Waals surface area contributed by atoms with E-state index >= 15 is 0 Å². The van der Waals surface area contributed by atoms with E-state index in [1.54, 1.807) is 7.11 Å². The minimum Gasteiger partial charge on any atom is -0.496 e. The van der Waals surface area contributed by atoms with Gasteiger partial charge in [-0.25, -0.2) is 0 Å². The molecule has 0 aliphatic rings. The second kappa shape index (κ2) is 6.74. The molecule has 0 saturated heterocycles. The highest BCUT2D eigenvalue weighted by atomic mass is 31.1. The summed E-state index contributed by atoms with van der Waals surface area (Å²) in [6.07, 6.45) is 1.87. The van der Waals surface area contributed by atoms with Gasteiger partial charge in [-0.2, -0.15) is 0 Å². The quantitative estimate of drug-likeness (QED) is 0.482. The Morgan fingerprint density at radius 1 is 1.00 bits per heavy atom. The van der Waals surface area contributed by atoms with Gasteiger partial charge in [0.15, 0.2) is 0 Å². The van der Waals surface area contributed by atoms with Crippen LogP contribution in [0.15, 0.2) is 54.7 Å². The molecular weight excluding hydrogens is 339 g/mol. The number of hydrogen-bond acceptors (Lipinski definition) is 2. The van der Waals surface area contributed by atoms with Crippen LogP contribution in [0.25, 0.3) is 21.9 Å². The summed E-state index contributed by atoms with van der Waals surface area (Å²) in [6.45, 7) is 7.53. The number of benzene rings is 2. The van der Waals surface area contributed by atoms with E-state index in [1.807, 2.05) is 12.3 Å². The van der Waals surface area contributed by atoms with Crippen molar-refractivity contribution in [2.75, 3.05) is 20.4 Å². The average Bonchev–Trinajstić information content (AvgIpc) is 2.97. The number of hydrogen-bond donors (Lipinski definition) is 0. The molecule has 26 heavy (non-hydrogen) atoms. The molecule has 2 aromatic carbocycles. The smallest absolute Gasteiger partial charge is 0.122 e. The first kappa shape index (κ1) is 17.1. The molecule has 0 spiro atoms. The Bertz CT molecular complexity index is 1080. The number of methoxy groups -OCH3 is 1. The second-order valence-corrected chi connectivity index (χ2v) is 9.11. The third kappa shape index (κ3) is 2.77. The lowest BCUT2D eigenvalue weighted by molar-refractivity contribution is 0.412. The number of ether oxygens (including phenoxy) is 1. The SMILES string of the molecule is COc1ccc2c(c1C)c1ncccc1n2Cc1ccc(P(C)C)cc1. The number of nitrogens with zero attached hydrogens (tertiary/aromatic N) is 2. The van der Waals surface area contributed by atoms with Crippen molar-refractivity contribution in [3.05, 3.63) is 65.9 Å². The van der Waals surface area contributed by atoms with Crippen LogP contribution in [0.3, 0.4) is 0 Å². The molecule has 0 radical (unpaired) electrons. The van der Waals surface area contributed by atoms with Crippen molar-refractivity contribution >= 4 is 35.2 Å². The van der Waals surface area contributed by atoms with Crippen LogP contribution in [0.5, 0.6) is 5.75 Å². The van der Waals surface area contributed by atoms with Crippen LogP contribution in [-0.2, 0) is 6.54 Å². The number of aromatic nitrogens is 2. The lowest BCUT2D eigenvalue weighted by Crippen LogP contribution is -2.03. The van der Waals surface area contributed by atoms with Gasteiger partial charge in [-0.15, -0.1) is 0 Å². The van der Waals surface area contributed by atoms with E-state index in [0.717, 1.165) is 28.9 Å². The molecule has 0 unspecified atom stereocenters. The van der Waals surface area contributed by atoms with Crippen LogP contribution in [0, 0.1) is 6.92 Å². The van der Waals surface area contributed by atoms with Crippen molar-refractivity contribution in [3.63, 3.8) is 0 Å². The minimum atomic E-state index is -0.0552. The zero-order valence-corrected chi connectivity index (χ0v) is 16.5. The van der Waals surface area contributed by atoms with E-state index in [4.69, 9.17) is 4.74 Å². The summed E-state index contributed by atoms with van der Waals surface area (Å²) in [4.78, 5) is 4.67. The molecule has 4 heteroatoms. The van der Waals surface area contributed by atoms with Crippen molar-refractivity contribution in [2.45, 2.75) is 13.5 Å². The van der Waals surface area contributed by atoms with E-state index in [-0.39, 0.29) is 7.92 Å². The maximum Gasteiger partial charge on any atom is 0.122 e. The van der Waals surface area contributed by atoms with E-state index < -0.39 is 0 Å². The van der Waals surface area contributed by atoms with Crippen molar-refractivity contribution < 1.29 is 4.74 Å². The Kier molecular flexibility index (Phi) is 4.42. The van der Waals surface area contributed by atoms with Crippen molar-refractivity contribution in [1.82, 2.24) is 9.55 Å². The van der Waals surface area contributed by atoms with Crippen LogP contribution in [0.1, 0.15) is 11.1 Å². The van der Waals surface area contributed by atoms with Gasteiger partial charge in [-0.1, -0.05) is 32.2 Å². The van der Waals surface area contributed by atoms with Gasteiger partial charge in [-0.05, 0) is 55.4 Å². The maximum absolute atomic E-state index is 5.53. The van der Waals surface area contributed by atoms with Crippen molar-refractivity contribution in [1.29, 1.82) is 0 Å². The molecule has 0 saturated carbocycles. The molecule has 2 aromatic heterocycles. The average molecular weight is 362 g/mol. The Morgan fingerprint density at radius 2 is 1.77 bits per heavy atom. The van der Waals surface area contributed by atoms with Gasteiger partial charge in [0.05, 0.1) is 23.7 Å². The van der Waals surface area contributed by atoms with Gasteiger partial charge in [0.25, 0.3) is 0 Å². The summed E-state index contributed by atoms with van der Waals surface area (Å²) in [5.74, 6) is 0.908. The Morgan fingerprint density at radius 3 is 2.46 bits per heavy atom. The Labute approximate surface area is 155 Å². The molecule has 0 aliphatic carbocycles. The first-order valence-corrected chi connectivity index (χ1v) is 11.0. The third-order valence-corrected chi connectivity index (χ3v) is 6.34. The molecule has 0 fully saturated rings. The molecular formula is C22H23N2OP. The fourth-order valence-corrected chi connectivity index (χ4v) is 4.36. The monoisotopic (exact) mass is 362 g/mol. The molecule has 0 bridgehead atoms. The molecule has 4 aromatic rings. The molecule has 0 aliphatic heterocycles. The summed E-state index contributed by atoms with van der Waals surface area (Å²) in [6, 6.07) is 17.4. The van der Waals surface area contributed by atoms with Gasteiger partial charge in [-0.3, -0.25) is 4.98 Å². The summed E-state index contributed by atoms with van der Waals surface area (Å²) in [7, 11) is 1.67. The molecule has 3 nitrogen and oxygen atoms in total. The normalized spacial score (nSPS) is 11.6. The molecule has 0 N–H and O–H groups in total. The highest BCUT2D eigenvalue weighted by Crippen LogP contribution is 2.35. The summed E-state index contributed by atoms with van der Waals surface area (Å²) in [5, 5.41) is 2.62. The van der Waals surface area contributed by atoms with Gasteiger partial charge in [0, 0.05) is 23.7 Å². The molecule has 132 valence electrons. The summed E-state index contributed by atoms with van der Waals surface area (Å²) in [5.41, 5.74) is 5.86. The van der Waals surface area contributed by atoms with Crippen LogP contribution < -0.4 is 10.0 Å². The summed E-state index contributed by atoms with van der Waals surface area (Å²) >= 11 is 0. The first-order chi connectivity index (χ1) is 12.6. The zero-order valence-electron chi connectivity index (χ0n) is 15.7. The lowest BCUT2D eigenvalue weighted by Gasteiger charge is -2.11. The van der Waals surface area contributed by atoms with Crippen molar-refractivity contribution in [3.8, 4) is 5.75 Å². The van der Waals surface area contributed by atoms with Crippen LogP contribution in [0.4, 0.5) is 0 Å². The highest BCUT2D eigenvalue weighted by molar-refractivity contribution is 7.64.